The number of aromatic carboxylic acids is 2. The average molecular weight is 445 g/mol. The quantitative estimate of drug-likeness (QED) is 0.329. The second-order valence-electron chi connectivity index (χ2n) is 6.28. The molecule has 0 fully saturated rings. The molecule has 0 aliphatic carbocycles. The van der Waals surface area contributed by atoms with Crippen molar-refractivity contribution in [1.29, 1.82) is 0 Å². The van der Waals surface area contributed by atoms with Crippen molar-refractivity contribution in [3.05, 3.63) is 58.2 Å². The molecule has 2 N–H and O–H groups in total. The highest BCUT2D eigenvalue weighted by atomic mass is 16.5. The summed E-state index contributed by atoms with van der Waals surface area (Å²) in [5.74, 6) is -1.80. The molecule has 2 aromatic heterocycles. The van der Waals surface area contributed by atoms with E-state index < -0.39 is 29.0 Å². The molecule has 0 spiro atoms. The highest BCUT2D eigenvalue weighted by molar-refractivity contribution is 5.90. The Balaban J connectivity index is 1.48. The highest BCUT2D eigenvalue weighted by Gasteiger charge is 2.14. The van der Waals surface area contributed by atoms with Gasteiger partial charge in [0.25, 0.3) is 0 Å². The maximum Gasteiger partial charge on any atom is 0.354 e. The lowest BCUT2D eigenvalue weighted by Crippen LogP contribution is -2.14. The minimum atomic E-state index is -1.37. The molecule has 0 amide bonds. The second-order valence-corrected chi connectivity index (χ2v) is 6.28. The van der Waals surface area contributed by atoms with E-state index in [1.54, 1.807) is 18.2 Å². The predicted octanol–water partition coefficient (Wildman–Crippen LogP) is 2.07. The second kappa shape index (κ2) is 10.3. The van der Waals surface area contributed by atoms with Crippen molar-refractivity contribution in [2.24, 2.45) is 0 Å². The average Bonchev–Trinajstić information content (AvgIpc) is 2.77. The van der Waals surface area contributed by atoms with Gasteiger partial charge in [0, 0.05) is 18.2 Å². The number of aromatic nitrogens is 1. The fraction of sp³-hybridized carbons (Fsp3) is 0.238. The minimum Gasteiger partial charge on any atom is -0.497 e. The number of pyridine rings is 1. The summed E-state index contributed by atoms with van der Waals surface area (Å²) < 4.78 is 26.6. The van der Waals surface area contributed by atoms with Crippen molar-refractivity contribution in [2.75, 3.05) is 33.5 Å². The normalized spacial score (nSPS) is 10.7. The lowest BCUT2D eigenvalue weighted by molar-refractivity contribution is 0.0679. The molecule has 3 aromatic rings. The molecule has 2 heterocycles. The van der Waals surface area contributed by atoms with Crippen LogP contribution in [0.25, 0.3) is 11.0 Å². The lowest BCUT2D eigenvalue weighted by Gasteiger charge is -2.10. The molecule has 32 heavy (non-hydrogen) atoms. The maximum atomic E-state index is 11.7. The van der Waals surface area contributed by atoms with Crippen LogP contribution >= 0.6 is 0 Å². The van der Waals surface area contributed by atoms with Gasteiger partial charge in [0.15, 0.2) is 11.4 Å². The largest absolute Gasteiger partial charge is 0.497 e. The molecular formula is C21H19NO10. The molecule has 3 rings (SSSR count). The molecule has 0 saturated heterocycles. The van der Waals surface area contributed by atoms with E-state index in [1.165, 1.54) is 13.2 Å². The van der Waals surface area contributed by atoms with Crippen LogP contribution in [0, 0.1) is 0 Å². The van der Waals surface area contributed by atoms with Gasteiger partial charge in [0.1, 0.15) is 36.0 Å². The third-order valence-corrected chi connectivity index (χ3v) is 4.13. The Morgan fingerprint density at radius 1 is 0.906 bits per heavy atom. The number of fused-ring (bicyclic) bond motifs is 1. The number of carboxylic acids is 2. The Kier molecular flexibility index (Phi) is 7.24. The molecule has 0 radical (unpaired) electrons. The minimum absolute atomic E-state index is 0.0415. The van der Waals surface area contributed by atoms with Gasteiger partial charge in [0.2, 0.25) is 0 Å². The van der Waals surface area contributed by atoms with Crippen LogP contribution in [-0.2, 0) is 4.74 Å². The first-order chi connectivity index (χ1) is 15.4. The van der Waals surface area contributed by atoms with Crippen LogP contribution in [0.2, 0.25) is 0 Å². The van der Waals surface area contributed by atoms with Crippen molar-refractivity contribution >= 4 is 22.9 Å². The van der Waals surface area contributed by atoms with Crippen LogP contribution in [0.1, 0.15) is 21.0 Å². The monoisotopic (exact) mass is 445 g/mol. The SMILES string of the molecule is COc1ccc2c(OCCOCCOc3cc(C(=O)O)nc(C(=O)O)c3)cc(=O)oc2c1. The number of benzene rings is 1. The van der Waals surface area contributed by atoms with E-state index in [-0.39, 0.29) is 32.2 Å². The summed E-state index contributed by atoms with van der Waals surface area (Å²) in [4.78, 5) is 37.3. The molecular weight excluding hydrogens is 426 g/mol. The topological polar surface area (TPSA) is 155 Å². The molecule has 0 aliphatic rings. The smallest absolute Gasteiger partial charge is 0.354 e. The zero-order chi connectivity index (χ0) is 23.1. The van der Waals surface area contributed by atoms with Crippen molar-refractivity contribution in [3.63, 3.8) is 0 Å². The Hall–Kier alpha value is -4.12. The molecule has 11 heteroatoms. The summed E-state index contributed by atoms with van der Waals surface area (Å²) in [6.45, 7) is 0.496. The fourth-order valence-electron chi connectivity index (χ4n) is 2.70. The summed E-state index contributed by atoms with van der Waals surface area (Å²) in [5.41, 5.74) is -1.10. The molecule has 0 unspecified atom stereocenters. The number of ether oxygens (including phenoxy) is 4. The number of carbonyl (C=O) groups is 2. The van der Waals surface area contributed by atoms with Gasteiger partial charge in [-0.25, -0.2) is 19.4 Å². The van der Waals surface area contributed by atoms with Gasteiger partial charge in [-0.05, 0) is 12.1 Å². The van der Waals surface area contributed by atoms with Gasteiger partial charge in [-0.1, -0.05) is 0 Å². The van der Waals surface area contributed by atoms with Crippen LogP contribution in [0.3, 0.4) is 0 Å². The van der Waals surface area contributed by atoms with Crippen molar-refractivity contribution < 1.29 is 43.2 Å². The molecule has 11 nitrogen and oxygen atoms in total. The molecule has 168 valence electrons. The number of rotatable bonds is 11. The third kappa shape index (κ3) is 5.73. The van der Waals surface area contributed by atoms with Gasteiger partial charge >= 0.3 is 17.6 Å². The van der Waals surface area contributed by atoms with Crippen LogP contribution in [0.15, 0.2) is 45.6 Å². The van der Waals surface area contributed by atoms with Crippen LogP contribution < -0.4 is 19.8 Å². The molecule has 0 bridgehead atoms. The molecule has 0 saturated carbocycles. The van der Waals surface area contributed by atoms with E-state index in [9.17, 15) is 14.4 Å². The standard InChI is InChI=1S/C21H19NO10/c1-28-12-2-3-14-17(11-19(23)32-18(14)10-12)31-7-5-29-4-6-30-13-8-15(20(24)25)22-16(9-13)21(26)27/h2-3,8-11H,4-7H2,1H3,(H,24,25)(H,26,27). The van der Waals surface area contributed by atoms with E-state index in [1.807, 2.05) is 0 Å². The van der Waals surface area contributed by atoms with Crippen molar-refractivity contribution in [2.45, 2.75) is 0 Å². The van der Waals surface area contributed by atoms with Crippen molar-refractivity contribution in [1.82, 2.24) is 4.98 Å². The molecule has 1 aromatic carbocycles. The Bertz CT molecular complexity index is 1150. The van der Waals surface area contributed by atoms with Gasteiger partial charge in [-0.2, -0.15) is 0 Å². The summed E-state index contributed by atoms with van der Waals surface area (Å²) in [6, 6.07) is 8.50. The number of hydrogen-bond donors (Lipinski definition) is 2. The van der Waals surface area contributed by atoms with E-state index in [0.29, 0.717) is 22.5 Å². The predicted molar refractivity (Wildman–Crippen MR) is 109 cm³/mol. The fourth-order valence-corrected chi connectivity index (χ4v) is 2.70. The Labute approximate surface area is 180 Å². The zero-order valence-electron chi connectivity index (χ0n) is 16.9. The van der Waals surface area contributed by atoms with E-state index in [0.717, 1.165) is 12.1 Å². The summed E-state index contributed by atoms with van der Waals surface area (Å²) in [5, 5.41) is 18.6. The van der Waals surface area contributed by atoms with Crippen LogP contribution in [0.4, 0.5) is 0 Å². The van der Waals surface area contributed by atoms with E-state index in [2.05, 4.69) is 4.98 Å². The van der Waals surface area contributed by atoms with E-state index >= 15 is 0 Å². The summed E-state index contributed by atoms with van der Waals surface area (Å²) in [7, 11) is 1.51. The Morgan fingerprint density at radius 2 is 1.56 bits per heavy atom. The summed E-state index contributed by atoms with van der Waals surface area (Å²) >= 11 is 0. The number of hydrogen-bond acceptors (Lipinski definition) is 9. The van der Waals surface area contributed by atoms with Gasteiger partial charge in [-0.15, -0.1) is 0 Å². The number of methoxy groups -OCH3 is 1. The first-order valence-corrected chi connectivity index (χ1v) is 9.31. The number of nitrogens with zero attached hydrogens (tertiary/aromatic N) is 1. The van der Waals surface area contributed by atoms with Crippen LogP contribution in [-0.4, -0.2) is 60.7 Å². The molecule has 0 atom stereocenters. The van der Waals surface area contributed by atoms with Gasteiger partial charge in [-0.3, -0.25) is 0 Å². The van der Waals surface area contributed by atoms with Gasteiger partial charge in [0.05, 0.1) is 31.8 Å². The highest BCUT2D eigenvalue weighted by Crippen LogP contribution is 2.27. The third-order valence-electron chi connectivity index (χ3n) is 4.13. The first-order valence-electron chi connectivity index (χ1n) is 9.31. The van der Waals surface area contributed by atoms with Crippen LogP contribution in [0.5, 0.6) is 17.2 Å². The first kappa shape index (κ1) is 22.6. The number of carboxylic acid groups (broad SMARTS) is 2. The molecule has 0 aliphatic heterocycles. The Morgan fingerprint density at radius 3 is 2.19 bits per heavy atom. The zero-order valence-corrected chi connectivity index (χ0v) is 16.9. The summed E-state index contributed by atoms with van der Waals surface area (Å²) in [6.07, 6.45) is 0. The van der Waals surface area contributed by atoms with Crippen molar-refractivity contribution in [3.8, 4) is 17.2 Å². The van der Waals surface area contributed by atoms with Gasteiger partial charge < -0.3 is 33.6 Å². The lowest BCUT2D eigenvalue weighted by atomic mass is 10.2. The van der Waals surface area contributed by atoms with E-state index in [4.69, 9.17) is 33.6 Å². The maximum absolute atomic E-state index is 11.7.